The number of hydrogen-bond donors (Lipinski definition) is 0. The van der Waals surface area contributed by atoms with E-state index in [0.29, 0.717) is 11.3 Å². The summed E-state index contributed by atoms with van der Waals surface area (Å²) < 4.78 is 1.50. The van der Waals surface area contributed by atoms with Crippen LogP contribution >= 0.6 is 0 Å². The number of aromatic nitrogens is 2. The van der Waals surface area contributed by atoms with Gasteiger partial charge in [0.15, 0.2) is 0 Å². The van der Waals surface area contributed by atoms with E-state index < -0.39 is 0 Å². The number of hydrogen-bond acceptors (Lipinski definition) is 2. The van der Waals surface area contributed by atoms with Crippen molar-refractivity contribution in [2.24, 2.45) is 0 Å². The van der Waals surface area contributed by atoms with E-state index in [2.05, 4.69) is 18.1 Å². The van der Waals surface area contributed by atoms with E-state index in [-0.39, 0.29) is 5.56 Å². The third-order valence-electron chi connectivity index (χ3n) is 2.38. The van der Waals surface area contributed by atoms with Crippen LogP contribution in [0.5, 0.6) is 0 Å². The molecule has 84 valence electrons. The van der Waals surface area contributed by atoms with E-state index >= 15 is 0 Å². The van der Waals surface area contributed by atoms with Crippen LogP contribution in [0.2, 0.25) is 0 Å². The molecule has 2 rings (SSSR count). The molecule has 3 nitrogen and oxygen atoms in total. The van der Waals surface area contributed by atoms with E-state index in [1.54, 1.807) is 36.6 Å². The minimum absolute atomic E-state index is 0.109. The maximum Gasteiger partial charge on any atom is 0.258 e. The highest BCUT2D eigenvalue weighted by molar-refractivity contribution is 5.73. The molecule has 0 aromatic carbocycles. The standard InChI is InChI=1S/C14H12N2O/c1-3-7-11(4-2)12-10-14(17)16-9-6-5-8-13(16)15-12/h3-10H,1-2H2/b11-7+. The molecule has 0 aliphatic carbocycles. The Hall–Kier alpha value is -2.42. The van der Waals surface area contributed by atoms with E-state index in [9.17, 15) is 4.79 Å². The summed E-state index contributed by atoms with van der Waals surface area (Å²) >= 11 is 0. The van der Waals surface area contributed by atoms with Gasteiger partial charge in [-0.15, -0.1) is 0 Å². The van der Waals surface area contributed by atoms with Gasteiger partial charge in [0.25, 0.3) is 5.56 Å². The summed E-state index contributed by atoms with van der Waals surface area (Å²) in [5.41, 5.74) is 1.90. The van der Waals surface area contributed by atoms with Crippen molar-refractivity contribution in [2.75, 3.05) is 0 Å². The number of allylic oxidation sites excluding steroid dienone is 4. The fourth-order valence-electron chi connectivity index (χ4n) is 1.59. The fourth-order valence-corrected chi connectivity index (χ4v) is 1.59. The van der Waals surface area contributed by atoms with Crippen molar-refractivity contribution in [2.45, 2.75) is 0 Å². The van der Waals surface area contributed by atoms with Crippen LogP contribution < -0.4 is 5.56 Å². The van der Waals surface area contributed by atoms with Gasteiger partial charge in [-0.3, -0.25) is 9.20 Å². The normalized spacial score (nSPS) is 11.4. The molecule has 0 aliphatic heterocycles. The van der Waals surface area contributed by atoms with Crippen LogP contribution in [0.25, 0.3) is 11.2 Å². The van der Waals surface area contributed by atoms with Crippen molar-refractivity contribution in [1.82, 2.24) is 9.38 Å². The van der Waals surface area contributed by atoms with Crippen molar-refractivity contribution in [3.05, 3.63) is 77.9 Å². The van der Waals surface area contributed by atoms with Crippen molar-refractivity contribution < 1.29 is 0 Å². The summed E-state index contributed by atoms with van der Waals surface area (Å²) in [6.07, 6.45) is 6.77. The smallest absolute Gasteiger partial charge is 0.258 e. The highest BCUT2D eigenvalue weighted by Gasteiger charge is 2.03. The van der Waals surface area contributed by atoms with Crippen molar-refractivity contribution >= 4 is 11.2 Å². The Labute approximate surface area is 99.1 Å². The zero-order valence-electron chi connectivity index (χ0n) is 9.34. The van der Waals surface area contributed by atoms with Gasteiger partial charge in [-0.2, -0.15) is 0 Å². The second kappa shape index (κ2) is 4.61. The first-order chi connectivity index (χ1) is 8.26. The Bertz CT molecular complexity index is 665. The van der Waals surface area contributed by atoms with Gasteiger partial charge in [0.1, 0.15) is 5.65 Å². The van der Waals surface area contributed by atoms with Gasteiger partial charge in [0.05, 0.1) is 5.69 Å². The van der Waals surface area contributed by atoms with E-state index in [4.69, 9.17) is 0 Å². The molecule has 3 heteroatoms. The number of rotatable bonds is 3. The number of nitrogens with zero attached hydrogens (tertiary/aromatic N) is 2. The Balaban J connectivity index is 2.73. The highest BCUT2D eigenvalue weighted by Crippen LogP contribution is 2.12. The van der Waals surface area contributed by atoms with Crippen molar-refractivity contribution in [1.29, 1.82) is 0 Å². The molecule has 0 spiro atoms. The minimum atomic E-state index is -0.109. The molecule has 0 radical (unpaired) electrons. The molecule has 0 amide bonds. The average Bonchev–Trinajstić information content (AvgIpc) is 2.36. The molecule has 17 heavy (non-hydrogen) atoms. The summed E-state index contributed by atoms with van der Waals surface area (Å²) in [6.45, 7) is 7.32. The molecular weight excluding hydrogens is 212 g/mol. The third kappa shape index (κ3) is 2.08. The lowest BCUT2D eigenvalue weighted by molar-refractivity contribution is 1.04. The molecule has 2 heterocycles. The van der Waals surface area contributed by atoms with Crippen molar-refractivity contribution in [3.63, 3.8) is 0 Å². The Kier molecular flexibility index (Phi) is 3.01. The lowest BCUT2D eigenvalue weighted by atomic mass is 10.1. The average molecular weight is 224 g/mol. The highest BCUT2D eigenvalue weighted by atomic mass is 16.1. The Morgan fingerprint density at radius 1 is 1.35 bits per heavy atom. The predicted octanol–water partition coefficient (Wildman–Crippen LogP) is 2.45. The summed E-state index contributed by atoms with van der Waals surface area (Å²) in [6, 6.07) is 6.92. The molecule has 2 aromatic rings. The monoisotopic (exact) mass is 224 g/mol. The maximum atomic E-state index is 11.9. The molecule has 0 atom stereocenters. The van der Waals surface area contributed by atoms with Gasteiger partial charge in [-0.1, -0.05) is 37.5 Å². The van der Waals surface area contributed by atoms with Gasteiger partial charge in [-0.05, 0) is 17.7 Å². The molecule has 0 bridgehead atoms. The first kappa shape index (κ1) is 11.1. The molecule has 0 saturated carbocycles. The van der Waals surface area contributed by atoms with Crippen LogP contribution in [0, 0.1) is 0 Å². The summed E-state index contributed by atoms with van der Waals surface area (Å²) in [4.78, 5) is 16.3. The quantitative estimate of drug-likeness (QED) is 0.750. The van der Waals surface area contributed by atoms with Crippen LogP contribution in [-0.2, 0) is 0 Å². The third-order valence-corrected chi connectivity index (χ3v) is 2.38. The van der Waals surface area contributed by atoms with Crippen molar-refractivity contribution in [3.8, 4) is 0 Å². The minimum Gasteiger partial charge on any atom is -0.269 e. The Morgan fingerprint density at radius 2 is 2.18 bits per heavy atom. The SMILES string of the molecule is C=C/C=C(\C=C)c1cc(=O)n2ccccc2n1. The van der Waals surface area contributed by atoms with Crippen LogP contribution in [0.4, 0.5) is 0 Å². The first-order valence-electron chi connectivity index (χ1n) is 5.20. The molecular formula is C14H12N2O. The second-order valence-corrected chi connectivity index (χ2v) is 3.47. The lowest BCUT2D eigenvalue weighted by Crippen LogP contribution is -2.14. The van der Waals surface area contributed by atoms with Gasteiger partial charge in [0, 0.05) is 12.3 Å². The van der Waals surface area contributed by atoms with E-state index in [1.807, 2.05) is 6.07 Å². The van der Waals surface area contributed by atoms with Gasteiger partial charge >= 0.3 is 0 Å². The largest absolute Gasteiger partial charge is 0.269 e. The predicted molar refractivity (Wildman–Crippen MR) is 69.8 cm³/mol. The second-order valence-electron chi connectivity index (χ2n) is 3.47. The van der Waals surface area contributed by atoms with Crippen LogP contribution in [0.1, 0.15) is 5.69 Å². The van der Waals surface area contributed by atoms with Gasteiger partial charge in [0.2, 0.25) is 0 Å². The van der Waals surface area contributed by atoms with Gasteiger partial charge in [-0.25, -0.2) is 4.98 Å². The van der Waals surface area contributed by atoms with Crippen LogP contribution in [0.15, 0.2) is 66.6 Å². The molecule has 0 unspecified atom stereocenters. The number of fused-ring (bicyclic) bond motifs is 1. The topological polar surface area (TPSA) is 34.4 Å². The first-order valence-corrected chi connectivity index (χ1v) is 5.20. The fraction of sp³-hybridized carbons (Fsp3) is 0. The maximum absolute atomic E-state index is 11.9. The van der Waals surface area contributed by atoms with E-state index in [0.717, 1.165) is 5.57 Å². The molecule has 0 saturated heterocycles. The van der Waals surface area contributed by atoms with E-state index in [1.165, 1.54) is 10.5 Å². The summed E-state index contributed by atoms with van der Waals surface area (Å²) in [5.74, 6) is 0. The van der Waals surface area contributed by atoms with Crippen LogP contribution in [0.3, 0.4) is 0 Å². The zero-order valence-corrected chi connectivity index (χ0v) is 9.34. The van der Waals surface area contributed by atoms with Crippen LogP contribution in [-0.4, -0.2) is 9.38 Å². The molecule has 0 fully saturated rings. The molecule has 2 aromatic heterocycles. The molecule has 0 aliphatic rings. The molecule has 0 N–H and O–H groups in total. The lowest BCUT2D eigenvalue weighted by Gasteiger charge is -2.03. The summed E-state index contributed by atoms with van der Waals surface area (Å²) in [7, 11) is 0. The number of pyridine rings is 1. The summed E-state index contributed by atoms with van der Waals surface area (Å²) in [5, 5.41) is 0. The Morgan fingerprint density at radius 3 is 2.88 bits per heavy atom. The zero-order chi connectivity index (χ0) is 12.3. The van der Waals surface area contributed by atoms with Gasteiger partial charge < -0.3 is 0 Å².